The molecule has 0 spiro atoms. The number of rotatable bonds is 5. The fourth-order valence-corrected chi connectivity index (χ4v) is 2.10. The van der Waals surface area contributed by atoms with Crippen LogP contribution in [0.25, 0.3) is 0 Å². The van der Waals surface area contributed by atoms with Gasteiger partial charge in [-0.1, -0.05) is 0 Å². The average molecular weight is 278 g/mol. The summed E-state index contributed by atoms with van der Waals surface area (Å²) in [5, 5.41) is 14.3. The van der Waals surface area contributed by atoms with Gasteiger partial charge in [-0.2, -0.15) is 0 Å². The predicted molar refractivity (Wildman–Crippen MR) is 74.0 cm³/mol. The van der Waals surface area contributed by atoms with E-state index in [-0.39, 0.29) is 0 Å². The maximum atomic E-state index is 11.8. The summed E-state index contributed by atoms with van der Waals surface area (Å²) >= 11 is 0. The van der Waals surface area contributed by atoms with Crippen molar-refractivity contribution < 1.29 is 19.4 Å². The highest BCUT2D eigenvalue weighted by molar-refractivity contribution is 5.94. The minimum Gasteiger partial charge on any atom is -0.494 e. The van der Waals surface area contributed by atoms with Crippen LogP contribution in [0.15, 0.2) is 24.3 Å². The summed E-state index contributed by atoms with van der Waals surface area (Å²) in [5.41, 5.74) is -0.513. The zero-order chi connectivity index (χ0) is 14.6. The normalized spacial score (nSPS) is 15.8. The van der Waals surface area contributed by atoms with E-state index >= 15 is 0 Å². The monoisotopic (exact) mass is 278 g/mol. The molecule has 0 unspecified atom stereocenters. The lowest BCUT2D eigenvalue weighted by Gasteiger charge is -2.38. The lowest BCUT2D eigenvalue weighted by atomic mass is 9.77. The number of anilines is 1. The average Bonchev–Trinajstić information content (AvgIpc) is 2.36. The van der Waals surface area contributed by atoms with Crippen molar-refractivity contribution in [1.29, 1.82) is 0 Å². The van der Waals surface area contributed by atoms with Gasteiger partial charge >= 0.3 is 12.0 Å². The Balaban J connectivity index is 1.92. The molecule has 1 saturated carbocycles. The van der Waals surface area contributed by atoms with Gasteiger partial charge in [0.1, 0.15) is 11.3 Å². The molecule has 2 rings (SSSR count). The van der Waals surface area contributed by atoms with Crippen molar-refractivity contribution in [3.05, 3.63) is 24.3 Å². The molecule has 1 fully saturated rings. The van der Waals surface area contributed by atoms with Crippen molar-refractivity contribution in [3.63, 3.8) is 0 Å². The number of carboxylic acid groups (broad SMARTS) is 1. The first kappa shape index (κ1) is 14.2. The second-order valence-corrected chi connectivity index (χ2v) is 4.78. The van der Waals surface area contributed by atoms with E-state index in [4.69, 9.17) is 9.84 Å². The molecule has 1 aromatic carbocycles. The van der Waals surface area contributed by atoms with Crippen LogP contribution < -0.4 is 15.4 Å². The van der Waals surface area contributed by atoms with Gasteiger partial charge in [0.05, 0.1) is 6.61 Å². The number of hydrogen-bond acceptors (Lipinski definition) is 3. The number of urea groups is 1. The Morgan fingerprint density at radius 1 is 1.30 bits per heavy atom. The summed E-state index contributed by atoms with van der Waals surface area (Å²) in [6, 6.07) is 6.40. The van der Waals surface area contributed by atoms with Crippen molar-refractivity contribution in [3.8, 4) is 5.75 Å². The SMILES string of the molecule is CCOc1ccc(NC(=O)NC2(C(=O)O)CCC2)cc1. The number of aliphatic carboxylic acids is 1. The lowest BCUT2D eigenvalue weighted by Crippen LogP contribution is -2.60. The summed E-state index contributed by atoms with van der Waals surface area (Å²) in [5.74, 6) is -0.259. The maximum absolute atomic E-state index is 11.8. The van der Waals surface area contributed by atoms with Gasteiger partial charge in [0.15, 0.2) is 0 Å². The summed E-state index contributed by atoms with van der Waals surface area (Å²) in [6.07, 6.45) is 1.76. The molecule has 20 heavy (non-hydrogen) atoms. The molecule has 0 aromatic heterocycles. The van der Waals surface area contributed by atoms with Gasteiger partial charge in [-0.15, -0.1) is 0 Å². The topological polar surface area (TPSA) is 87.7 Å². The number of benzene rings is 1. The minimum atomic E-state index is -1.10. The molecule has 3 N–H and O–H groups in total. The third kappa shape index (κ3) is 3.01. The van der Waals surface area contributed by atoms with Crippen molar-refractivity contribution in [2.75, 3.05) is 11.9 Å². The zero-order valence-electron chi connectivity index (χ0n) is 11.3. The molecule has 2 amide bonds. The van der Waals surface area contributed by atoms with Gasteiger partial charge in [0, 0.05) is 5.69 Å². The van der Waals surface area contributed by atoms with E-state index in [1.165, 1.54) is 0 Å². The molecule has 108 valence electrons. The quantitative estimate of drug-likeness (QED) is 0.770. The molecule has 6 heteroatoms. The van der Waals surface area contributed by atoms with Crippen molar-refractivity contribution in [1.82, 2.24) is 5.32 Å². The highest BCUT2D eigenvalue weighted by Crippen LogP contribution is 2.32. The van der Waals surface area contributed by atoms with Crippen LogP contribution in [-0.4, -0.2) is 29.3 Å². The molecule has 0 saturated heterocycles. The first-order valence-electron chi connectivity index (χ1n) is 6.61. The molecular weight excluding hydrogens is 260 g/mol. The van der Waals surface area contributed by atoms with E-state index in [2.05, 4.69) is 10.6 Å². The molecule has 0 atom stereocenters. The van der Waals surface area contributed by atoms with Crippen LogP contribution in [0.1, 0.15) is 26.2 Å². The Labute approximate surface area is 117 Å². The van der Waals surface area contributed by atoms with Crippen LogP contribution in [-0.2, 0) is 4.79 Å². The Hall–Kier alpha value is -2.24. The second-order valence-electron chi connectivity index (χ2n) is 4.78. The van der Waals surface area contributed by atoms with E-state index in [9.17, 15) is 9.59 Å². The summed E-state index contributed by atoms with van der Waals surface area (Å²) in [7, 11) is 0. The first-order valence-corrected chi connectivity index (χ1v) is 6.61. The van der Waals surface area contributed by atoms with Gasteiger partial charge in [0.2, 0.25) is 0 Å². The highest BCUT2D eigenvalue weighted by atomic mass is 16.5. The van der Waals surface area contributed by atoms with Crippen molar-refractivity contribution in [2.24, 2.45) is 0 Å². The number of hydrogen-bond donors (Lipinski definition) is 3. The number of carboxylic acids is 1. The molecule has 0 aliphatic heterocycles. The molecule has 1 aliphatic carbocycles. The number of carbonyl (C=O) groups excluding carboxylic acids is 1. The summed E-state index contributed by atoms with van der Waals surface area (Å²) in [6.45, 7) is 2.47. The molecular formula is C14H18N2O4. The van der Waals surface area contributed by atoms with E-state index in [1.807, 2.05) is 6.92 Å². The fraction of sp³-hybridized carbons (Fsp3) is 0.429. The summed E-state index contributed by atoms with van der Waals surface area (Å²) in [4.78, 5) is 23.0. The largest absolute Gasteiger partial charge is 0.494 e. The van der Waals surface area contributed by atoms with Crippen molar-refractivity contribution in [2.45, 2.75) is 31.7 Å². The van der Waals surface area contributed by atoms with E-state index < -0.39 is 17.5 Å². The summed E-state index contributed by atoms with van der Waals surface area (Å²) < 4.78 is 5.30. The molecule has 0 bridgehead atoms. The third-order valence-electron chi connectivity index (χ3n) is 3.39. The number of carbonyl (C=O) groups is 2. The number of nitrogens with one attached hydrogen (secondary N) is 2. The highest BCUT2D eigenvalue weighted by Gasteiger charge is 2.45. The van der Waals surface area contributed by atoms with Gasteiger partial charge in [-0.05, 0) is 50.5 Å². The standard InChI is InChI=1S/C14H18N2O4/c1-2-20-11-6-4-10(5-7-11)15-13(19)16-14(12(17)18)8-3-9-14/h4-7H,2-3,8-9H2,1H3,(H,17,18)(H2,15,16,19). The fourth-order valence-electron chi connectivity index (χ4n) is 2.10. The molecule has 1 aliphatic rings. The Kier molecular flexibility index (Phi) is 4.12. The molecule has 1 aromatic rings. The third-order valence-corrected chi connectivity index (χ3v) is 3.39. The smallest absolute Gasteiger partial charge is 0.329 e. The van der Waals surface area contributed by atoms with Gasteiger partial charge in [-0.25, -0.2) is 9.59 Å². The van der Waals surface area contributed by atoms with Crippen LogP contribution in [0, 0.1) is 0 Å². The minimum absolute atomic E-state index is 0.471. The van der Waals surface area contributed by atoms with Gasteiger partial charge < -0.3 is 20.5 Å². The molecule has 0 radical (unpaired) electrons. The van der Waals surface area contributed by atoms with E-state index in [0.717, 1.165) is 12.2 Å². The predicted octanol–water partition coefficient (Wildman–Crippen LogP) is 2.21. The van der Waals surface area contributed by atoms with Crippen LogP contribution in [0.5, 0.6) is 5.75 Å². The molecule has 0 heterocycles. The Morgan fingerprint density at radius 2 is 1.95 bits per heavy atom. The van der Waals surface area contributed by atoms with E-state index in [1.54, 1.807) is 24.3 Å². The first-order chi connectivity index (χ1) is 9.55. The van der Waals surface area contributed by atoms with Gasteiger partial charge in [-0.3, -0.25) is 0 Å². The zero-order valence-corrected chi connectivity index (χ0v) is 11.3. The Bertz CT molecular complexity index is 494. The van der Waals surface area contributed by atoms with Crippen LogP contribution in [0.2, 0.25) is 0 Å². The Morgan fingerprint density at radius 3 is 2.40 bits per heavy atom. The number of ether oxygens (including phenoxy) is 1. The van der Waals surface area contributed by atoms with Crippen LogP contribution >= 0.6 is 0 Å². The lowest BCUT2D eigenvalue weighted by molar-refractivity contribution is -0.148. The van der Waals surface area contributed by atoms with Crippen LogP contribution in [0.4, 0.5) is 10.5 Å². The second kappa shape index (κ2) is 5.81. The van der Waals surface area contributed by atoms with Crippen molar-refractivity contribution >= 4 is 17.7 Å². The maximum Gasteiger partial charge on any atom is 0.329 e. The number of amides is 2. The molecule has 6 nitrogen and oxygen atoms in total. The van der Waals surface area contributed by atoms with Crippen LogP contribution in [0.3, 0.4) is 0 Å². The van der Waals surface area contributed by atoms with E-state index in [0.29, 0.717) is 25.1 Å². The van der Waals surface area contributed by atoms with Gasteiger partial charge in [0.25, 0.3) is 0 Å².